The summed E-state index contributed by atoms with van der Waals surface area (Å²) in [4.78, 5) is 17.3. The summed E-state index contributed by atoms with van der Waals surface area (Å²) in [5.74, 6) is -0.0386. The molecule has 0 aliphatic rings. The van der Waals surface area contributed by atoms with Crippen LogP contribution in [0.1, 0.15) is 35.8 Å². The van der Waals surface area contributed by atoms with E-state index in [0.29, 0.717) is 13.2 Å². The van der Waals surface area contributed by atoms with Crippen molar-refractivity contribution in [2.45, 2.75) is 46.6 Å². The first-order valence-electron chi connectivity index (χ1n) is 6.36. The van der Waals surface area contributed by atoms with Crippen molar-refractivity contribution < 1.29 is 9.53 Å². The molecule has 0 fully saturated rings. The summed E-state index contributed by atoms with van der Waals surface area (Å²) in [6, 6.07) is 0. The van der Waals surface area contributed by atoms with E-state index < -0.39 is 0 Å². The van der Waals surface area contributed by atoms with Crippen molar-refractivity contribution >= 4 is 17.2 Å². The third kappa shape index (κ3) is 4.74. The second kappa shape index (κ2) is 7.48. The molecule has 102 valence electrons. The van der Waals surface area contributed by atoms with Crippen LogP contribution < -0.4 is 5.32 Å². The Kier molecular flexibility index (Phi) is 6.29. The lowest BCUT2D eigenvalue weighted by Gasteiger charge is -2.11. The fourth-order valence-electron chi connectivity index (χ4n) is 1.57. The first kappa shape index (κ1) is 15.1. The van der Waals surface area contributed by atoms with Crippen molar-refractivity contribution in [3.8, 4) is 0 Å². The third-order valence-corrected chi connectivity index (χ3v) is 3.86. The summed E-state index contributed by atoms with van der Waals surface area (Å²) in [5, 5.41) is 4.02. The van der Waals surface area contributed by atoms with Crippen LogP contribution in [0.25, 0.3) is 0 Å². The van der Waals surface area contributed by atoms with Gasteiger partial charge in [-0.1, -0.05) is 0 Å². The van der Waals surface area contributed by atoms with Crippen molar-refractivity contribution in [1.82, 2.24) is 10.3 Å². The maximum Gasteiger partial charge on any atom is 0.248 e. The molecule has 0 radical (unpaired) electrons. The lowest BCUT2D eigenvalue weighted by molar-refractivity contribution is -0.131. The molecule has 0 aliphatic carbocycles. The topological polar surface area (TPSA) is 51.2 Å². The zero-order valence-electron chi connectivity index (χ0n) is 11.6. The molecule has 0 spiro atoms. The maximum absolute atomic E-state index is 11.6. The summed E-state index contributed by atoms with van der Waals surface area (Å²) < 4.78 is 5.22. The number of hydrogen-bond acceptors (Lipinski definition) is 4. The van der Waals surface area contributed by atoms with Crippen LogP contribution in [0.3, 0.4) is 0 Å². The van der Waals surface area contributed by atoms with Gasteiger partial charge in [0.2, 0.25) is 5.91 Å². The minimum absolute atomic E-state index is 0.0386. The van der Waals surface area contributed by atoms with Crippen LogP contribution in [-0.4, -0.2) is 30.1 Å². The molecule has 1 heterocycles. The number of ether oxygens (including phenoxy) is 1. The Morgan fingerprint density at radius 1 is 1.50 bits per heavy atom. The minimum atomic E-state index is -0.362. The normalized spacial score (nSPS) is 12.4. The van der Waals surface area contributed by atoms with Gasteiger partial charge in [0.15, 0.2) is 0 Å². The number of hydrogen-bond donors (Lipinski definition) is 1. The predicted octanol–water partition coefficient (Wildman–Crippen LogP) is 2.23. The molecule has 5 heteroatoms. The number of nitrogens with zero attached hydrogens (tertiary/aromatic N) is 1. The Balaban J connectivity index is 2.20. The van der Waals surface area contributed by atoms with Gasteiger partial charge in [-0.15, -0.1) is 11.3 Å². The van der Waals surface area contributed by atoms with Crippen LogP contribution in [0.5, 0.6) is 0 Å². The van der Waals surface area contributed by atoms with Gasteiger partial charge in [0.25, 0.3) is 0 Å². The monoisotopic (exact) mass is 270 g/mol. The molecule has 0 saturated carbocycles. The maximum atomic E-state index is 11.6. The van der Waals surface area contributed by atoms with Crippen molar-refractivity contribution in [2.75, 3.05) is 13.2 Å². The van der Waals surface area contributed by atoms with Gasteiger partial charge in [0.05, 0.1) is 10.7 Å². The van der Waals surface area contributed by atoms with Gasteiger partial charge in [-0.05, 0) is 34.1 Å². The summed E-state index contributed by atoms with van der Waals surface area (Å²) in [5.41, 5.74) is 1.11. The number of amides is 1. The quantitative estimate of drug-likeness (QED) is 0.773. The van der Waals surface area contributed by atoms with Gasteiger partial charge < -0.3 is 10.1 Å². The average molecular weight is 270 g/mol. The van der Waals surface area contributed by atoms with Crippen LogP contribution in [0.4, 0.5) is 0 Å². The van der Waals surface area contributed by atoms with E-state index in [1.54, 1.807) is 18.3 Å². The molecule has 1 rings (SSSR count). The number of nitrogens with one attached hydrogen (secondary N) is 1. The van der Waals surface area contributed by atoms with E-state index in [1.165, 1.54) is 4.88 Å². The van der Waals surface area contributed by atoms with Crippen molar-refractivity contribution in [3.05, 3.63) is 15.6 Å². The zero-order chi connectivity index (χ0) is 13.5. The van der Waals surface area contributed by atoms with Crippen molar-refractivity contribution in [2.24, 2.45) is 0 Å². The lowest BCUT2D eigenvalue weighted by atomic mass is 10.3. The van der Waals surface area contributed by atoms with Gasteiger partial charge in [-0.2, -0.15) is 0 Å². The molecular weight excluding hydrogens is 248 g/mol. The Bertz CT molecular complexity index is 371. The van der Waals surface area contributed by atoms with Gasteiger partial charge in [0.1, 0.15) is 6.10 Å². The number of carbonyl (C=O) groups excluding carboxylic acids is 1. The Hall–Kier alpha value is -0.940. The van der Waals surface area contributed by atoms with E-state index in [2.05, 4.69) is 17.2 Å². The molecule has 0 aliphatic heterocycles. The molecular formula is C13H22N2O2S. The van der Waals surface area contributed by atoms with Gasteiger partial charge in [0, 0.05) is 24.4 Å². The van der Waals surface area contributed by atoms with Crippen LogP contribution in [0, 0.1) is 13.8 Å². The first-order valence-corrected chi connectivity index (χ1v) is 7.18. The molecule has 0 bridgehead atoms. The van der Waals surface area contributed by atoms with Crippen LogP contribution >= 0.6 is 11.3 Å². The second-order valence-corrected chi connectivity index (χ2v) is 5.53. The van der Waals surface area contributed by atoms with E-state index in [4.69, 9.17) is 4.74 Å². The summed E-state index contributed by atoms with van der Waals surface area (Å²) in [6.45, 7) is 9.01. The van der Waals surface area contributed by atoms with Gasteiger partial charge in [-0.25, -0.2) is 4.98 Å². The highest BCUT2D eigenvalue weighted by Gasteiger charge is 2.11. The number of carbonyl (C=O) groups is 1. The van der Waals surface area contributed by atoms with E-state index >= 15 is 0 Å². The number of aromatic nitrogens is 1. The molecule has 1 N–H and O–H groups in total. The predicted molar refractivity (Wildman–Crippen MR) is 74.0 cm³/mol. The van der Waals surface area contributed by atoms with E-state index in [9.17, 15) is 4.79 Å². The largest absolute Gasteiger partial charge is 0.369 e. The number of thiazole rings is 1. The molecule has 0 aromatic carbocycles. The highest BCUT2D eigenvalue weighted by atomic mass is 32.1. The zero-order valence-corrected chi connectivity index (χ0v) is 12.4. The van der Waals surface area contributed by atoms with E-state index in [-0.39, 0.29) is 12.0 Å². The second-order valence-electron chi connectivity index (χ2n) is 4.24. The fourth-order valence-corrected chi connectivity index (χ4v) is 2.54. The first-order chi connectivity index (χ1) is 8.54. The molecule has 4 nitrogen and oxygen atoms in total. The third-order valence-electron chi connectivity index (χ3n) is 2.73. The van der Waals surface area contributed by atoms with Gasteiger partial charge in [-0.3, -0.25) is 4.79 Å². The minimum Gasteiger partial charge on any atom is -0.369 e. The standard InChI is InChI=1S/C13H22N2O2S/c1-5-17-10(3)13(16)14-8-6-7-12-15-9(2)11(4)18-12/h10H,5-8H2,1-4H3,(H,14,16)/t10-/m1/s1. The molecule has 1 atom stereocenters. The fraction of sp³-hybridized carbons (Fsp3) is 0.692. The van der Waals surface area contributed by atoms with Crippen molar-refractivity contribution in [1.29, 1.82) is 0 Å². The summed E-state index contributed by atoms with van der Waals surface area (Å²) in [6.07, 6.45) is 1.47. The van der Waals surface area contributed by atoms with Crippen molar-refractivity contribution in [3.63, 3.8) is 0 Å². The Morgan fingerprint density at radius 2 is 2.22 bits per heavy atom. The molecule has 1 aromatic heterocycles. The summed E-state index contributed by atoms with van der Waals surface area (Å²) >= 11 is 1.74. The SMILES string of the molecule is CCO[C@H](C)C(=O)NCCCc1nc(C)c(C)s1. The lowest BCUT2D eigenvalue weighted by Crippen LogP contribution is -2.35. The van der Waals surface area contributed by atoms with Gasteiger partial charge >= 0.3 is 0 Å². The van der Waals surface area contributed by atoms with Crippen LogP contribution in [0.15, 0.2) is 0 Å². The highest BCUT2D eigenvalue weighted by molar-refractivity contribution is 7.11. The molecule has 18 heavy (non-hydrogen) atoms. The number of aryl methyl sites for hydroxylation is 3. The average Bonchev–Trinajstić information content (AvgIpc) is 2.64. The molecule has 0 unspecified atom stereocenters. The summed E-state index contributed by atoms with van der Waals surface area (Å²) in [7, 11) is 0. The molecule has 1 amide bonds. The van der Waals surface area contributed by atoms with Crippen LogP contribution in [0.2, 0.25) is 0 Å². The Labute approximate surface area is 113 Å². The van der Waals surface area contributed by atoms with E-state index in [0.717, 1.165) is 23.5 Å². The molecule has 0 saturated heterocycles. The van der Waals surface area contributed by atoms with Crippen LogP contribution in [-0.2, 0) is 16.0 Å². The molecule has 1 aromatic rings. The number of rotatable bonds is 7. The smallest absolute Gasteiger partial charge is 0.248 e. The highest BCUT2D eigenvalue weighted by Crippen LogP contribution is 2.17. The Morgan fingerprint density at radius 3 is 2.78 bits per heavy atom. The van der Waals surface area contributed by atoms with E-state index in [1.807, 2.05) is 13.8 Å².